The average Bonchev–Trinajstić information content (AvgIpc) is 2.61. The van der Waals surface area contributed by atoms with E-state index in [2.05, 4.69) is 46.8 Å². The molecule has 1 rings (SSSR count). The summed E-state index contributed by atoms with van der Waals surface area (Å²) >= 11 is 1.85. The molecular weight excluding hydrogens is 449 g/mol. The van der Waals surface area contributed by atoms with Crippen LogP contribution in [0.15, 0.2) is 40.2 Å². The highest BCUT2D eigenvalue weighted by Crippen LogP contribution is 2.15. The number of rotatable bonds is 13. The number of nitrogens with one attached hydrogen (secondary N) is 2. The monoisotopic (exact) mass is 481 g/mol. The van der Waals surface area contributed by atoms with Crippen molar-refractivity contribution in [3.63, 3.8) is 0 Å². The number of halogens is 1. The lowest BCUT2D eigenvalue weighted by Gasteiger charge is -2.11. The quantitative estimate of drug-likeness (QED) is 0.149. The summed E-state index contributed by atoms with van der Waals surface area (Å²) in [5.74, 6) is 1.91. The van der Waals surface area contributed by atoms with Gasteiger partial charge in [0.15, 0.2) is 5.96 Å². The largest absolute Gasteiger partial charge is 0.382 e. The smallest absolute Gasteiger partial charge is 0.191 e. The molecular formula is C18H32IN3O2S. The average molecular weight is 481 g/mol. The minimum Gasteiger partial charge on any atom is -0.382 e. The molecule has 5 nitrogen and oxygen atoms in total. The summed E-state index contributed by atoms with van der Waals surface area (Å²) in [4.78, 5) is 5.90. The van der Waals surface area contributed by atoms with Crippen LogP contribution in [-0.2, 0) is 9.47 Å². The van der Waals surface area contributed by atoms with Gasteiger partial charge in [-0.1, -0.05) is 18.2 Å². The minimum absolute atomic E-state index is 0. The van der Waals surface area contributed by atoms with Gasteiger partial charge in [-0.25, -0.2) is 0 Å². The molecule has 0 saturated heterocycles. The van der Waals surface area contributed by atoms with Gasteiger partial charge in [0.25, 0.3) is 0 Å². The predicted octanol–water partition coefficient (Wildman–Crippen LogP) is 3.40. The highest BCUT2D eigenvalue weighted by atomic mass is 127. The molecule has 0 bridgehead atoms. The van der Waals surface area contributed by atoms with Crippen LogP contribution in [0.2, 0.25) is 0 Å². The van der Waals surface area contributed by atoms with Crippen molar-refractivity contribution < 1.29 is 9.47 Å². The maximum Gasteiger partial charge on any atom is 0.191 e. The van der Waals surface area contributed by atoms with Gasteiger partial charge in [-0.05, 0) is 31.9 Å². The van der Waals surface area contributed by atoms with Crippen LogP contribution in [0.3, 0.4) is 0 Å². The Morgan fingerprint density at radius 2 is 1.88 bits per heavy atom. The maximum atomic E-state index is 5.44. The van der Waals surface area contributed by atoms with Gasteiger partial charge >= 0.3 is 0 Å². The van der Waals surface area contributed by atoms with E-state index in [-0.39, 0.29) is 24.0 Å². The standard InChI is InChI=1S/C18H31N3O2S.HI/c1-3-19-18(20-11-7-8-13-23-15-14-22-2)21-12-16-24-17-9-5-4-6-10-17;/h4-6,9-10H,3,7-8,11-16H2,1-2H3,(H2,19,20,21);1H. The van der Waals surface area contributed by atoms with Crippen LogP contribution in [0.5, 0.6) is 0 Å². The number of hydrogen-bond donors (Lipinski definition) is 2. The van der Waals surface area contributed by atoms with Crippen molar-refractivity contribution in [1.82, 2.24) is 10.6 Å². The Labute approximate surface area is 173 Å². The summed E-state index contributed by atoms with van der Waals surface area (Å²) in [5, 5.41) is 6.66. The Morgan fingerprint density at radius 1 is 1.08 bits per heavy atom. The molecule has 0 spiro atoms. The maximum absolute atomic E-state index is 5.44. The normalized spacial score (nSPS) is 11.0. The zero-order valence-corrected chi connectivity index (χ0v) is 18.5. The van der Waals surface area contributed by atoms with E-state index in [9.17, 15) is 0 Å². The first kappa shape index (κ1) is 24.5. The summed E-state index contributed by atoms with van der Waals surface area (Å²) in [6, 6.07) is 10.5. The molecule has 0 fully saturated rings. The van der Waals surface area contributed by atoms with Crippen molar-refractivity contribution in [3.8, 4) is 0 Å². The highest BCUT2D eigenvalue weighted by Gasteiger charge is 1.98. The van der Waals surface area contributed by atoms with Crippen molar-refractivity contribution in [2.45, 2.75) is 24.7 Å². The van der Waals surface area contributed by atoms with Crippen LogP contribution >= 0.6 is 35.7 Å². The fraction of sp³-hybridized carbons (Fsp3) is 0.611. The third-order valence-electron chi connectivity index (χ3n) is 3.15. The number of unbranched alkanes of at least 4 members (excludes halogenated alkanes) is 1. The molecule has 144 valence electrons. The molecule has 0 aliphatic rings. The van der Waals surface area contributed by atoms with E-state index >= 15 is 0 Å². The fourth-order valence-electron chi connectivity index (χ4n) is 1.95. The zero-order chi connectivity index (χ0) is 17.3. The Morgan fingerprint density at radius 3 is 2.60 bits per heavy atom. The molecule has 0 aromatic heterocycles. The van der Waals surface area contributed by atoms with Gasteiger partial charge in [-0.15, -0.1) is 35.7 Å². The number of aliphatic imine (C=N–C) groups is 1. The van der Waals surface area contributed by atoms with E-state index in [1.165, 1.54) is 4.90 Å². The molecule has 0 amide bonds. The molecule has 0 heterocycles. The minimum atomic E-state index is 0. The van der Waals surface area contributed by atoms with Gasteiger partial charge in [-0.3, -0.25) is 4.99 Å². The van der Waals surface area contributed by atoms with Crippen LogP contribution in [0.25, 0.3) is 0 Å². The Hall–Kier alpha value is -0.510. The van der Waals surface area contributed by atoms with Crippen LogP contribution in [-0.4, -0.2) is 58.3 Å². The van der Waals surface area contributed by atoms with Crippen LogP contribution in [0.1, 0.15) is 19.8 Å². The number of thioether (sulfide) groups is 1. The van der Waals surface area contributed by atoms with Crippen LogP contribution in [0, 0.1) is 0 Å². The Balaban J connectivity index is 0.00000576. The molecule has 0 atom stereocenters. The molecule has 0 saturated carbocycles. The van der Waals surface area contributed by atoms with Crippen molar-refractivity contribution in [2.75, 3.05) is 52.3 Å². The highest BCUT2D eigenvalue weighted by molar-refractivity contribution is 14.0. The number of benzene rings is 1. The molecule has 0 aliphatic heterocycles. The van der Waals surface area contributed by atoms with Crippen LogP contribution < -0.4 is 10.6 Å². The number of methoxy groups -OCH3 is 1. The topological polar surface area (TPSA) is 54.9 Å². The summed E-state index contributed by atoms with van der Waals surface area (Å²) < 4.78 is 10.4. The summed E-state index contributed by atoms with van der Waals surface area (Å²) in [6.45, 7) is 6.77. The second kappa shape index (κ2) is 18.3. The van der Waals surface area contributed by atoms with Gasteiger partial charge in [-0.2, -0.15) is 0 Å². The molecule has 7 heteroatoms. The molecule has 0 aliphatic carbocycles. The molecule has 0 unspecified atom stereocenters. The van der Waals surface area contributed by atoms with Gasteiger partial charge in [0, 0.05) is 44.0 Å². The third-order valence-corrected chi connectivity index (χ3v) is 4.16. The number of ether oxygens (including phenoxy) is 2. The Bertz CT molecular complexity index is 436. The van der Waals surface area contributed by atoms with Gasteiger partial charge in [0.2, 0.25) is 0 Å². The summed E-state index contributed by atoms with van der Waals surface area (Å²) in [7, 11) is 1.69. The lowest BCUT2D eigenvalue weighted by Crippen LogP contribution is -2.38. The SMILES string of the molecule is CCNC(=NCCCCOCCOC)NCCSc1ccccc1.I. The second-order valence-corrected chi connectivity index (χ2v) is 6.33. The summed E-state index contributed by atoms with van der Waals surface area (Å²) in [6.07, 6.45) is 2.05. The van der Waals surface area contributed by atoms with E-state index in [1.54, 1.807) is 7.11 Å². The van der Waals surface area contributed by atoms with Crippen molar-refractivity contribution in [1.29, 1.82) is 0 Å². The molecule has 0 radical (unpaired) electrons. The van der Waals surface area contributed by atoms with E-state index in [0.29, 0.717) is 13.2 Å². The van der Waals surface area contributed by atoms with Crippen molar-refractivity contribution >= 4 is 41.7 Å². The molecule has 1 aromatic rings. The predicted molar refractivity (Wildman–Crippen MR) is 118 cm³/mol. The first-order valence-electron chi connectivity index (χ1n) is 8.63. The number of nitrogens with zero attached hydrogens (tertiary/aromatic N) is 1. The molecule has 1 aromatic carbocycles. The lowest BCUT2D eigenvalue weighted by molar-refractivity contribution is 0.0690. The molecule has 2 N–H and O–H groups in total. The van der Waals surface area contributed by atoms with E-state index < -0.39 is 0 Å². The van der Waals surface area contributed by atoms with Gasteiger partial charge in [0.1, 0.15) is 0 Å². The zero-order valence-electron chi connectivity index (χ0n) is 15.3. The van der Waals surface area contributed by atoms with Crippen molar-refractivity contribution in [2.24, 2.45) is 4.99 Å². The van der Waals surface area contributed by atoms with E-state index in [4.69, 9.17) is 9.47 Å². The third kappa shape index (κ3) is 14.4. The first-order chi connectivity index (χ1) is 11.9. The fourth-order valence-corrected chi connectivity index (χ4v) is 2.74. The van der Waals surface area contributed by atoms with E-state index in [1.807, 2.05) is 17.8 Å². The Kier molecular flexibility index (Phi) is 17.9. The van der Waals surface area contributed by atoms with E-state index in [0.717, 1.165) is 50.8 Å². The van der Waals surface area contributed by atoms with Gasteiger partial charge in [0.05, 0.1) is 13.2 Å². The number of hydrogen-bond acceptors (Lipinski definition) is 4. The van der Waals surface area contributed by atoms with Crippen molar-refractivity contribution in [3.05, 3.63) is 30.3 Å². The lowest BCUT2D eigenvalue weighted by atomic mass is 10.3. The van der Waals surface area contributed by atoms with Crippen LogP contribution in [0.4, 0.5) is 0 Å². The summed E-state index contributed by atoms with van der Waals surface area (Å²) in [5.41, 5.74) is 0. The second-order valence-electron chi connectivity index (χ2n) is 5.16. The number of guanidine groups is 1. The van der Waals surface area contributed by atoms with Gasteiger partial charge < -0.3 is 20.1 Å². The first-order valence-corrected chi connectivity index (χ1v) is 9.62. The molecule has 25 heavy (non-hydrogen) atoms.